The molecule has 0 aromatic carbocycles. The lowest BCUT2D eigenvalue weighted by Crippen LogP contribution is -2.11. The van der Waals surface area contributed by atoms with Crippen LogP contribution in [0.15, 0.2) is 0 Å². The molecular weight excluding hydrogens is 252 g/mol. The van der Waals surface area contributed by atoms with Crippen molar-refractivity contribution in [3.8, 4) is 0 Å². The summed E-state index contributed by atoms with van der Waals surface area (Å²) < 4.78 is 0. The number of hydrogen-bond donors (Lipinski definition) is 0. The molecule has 0 aromatic heterocycles. The summed E-state index contributed by atoms with van der Waals surface area (Å²) in [5.74, 6) is 0. The third-order valence-corrected chi connectivity index (χ3v) is 4.81. The Morgan fingerprint density at radius 3 is 1.38 bits per heavy atom. The normalized spacial score (nSPS) is 12.0. The van der Waals surface area contributed by atoms with Crippen molar-refractivity contribution >= 4 is 0 Å². The van der Waals surface area contributed by atoms with E-state index in [1.807, 2.05) is 0 Å². The molecule has 21 heavy (non-hydrogen) atoms. The van der Waals surface area contributed by atoms with Gasteiger partial charge in [0.1, 0.15) is 0 Å². The summed E-state index contributed by atoms with van der Waals surface area (Å²) in [6.45, 7) is 11.2. The third-order valence-electron chi connectivity index (χ3n) is 4.81. The van der Waals surface area contributed by atoms with Crippen LogP contribution in [0.4, 0.5) is 0 Å². The smallest absolute Gasteiger partial charge is 0.0354 e. The van der Waals surface area contributed by atoms with Gasteiger partial charge in [0, 0.05) is 0 Å². The standard InChI is InChI=1S/C21H43/c1-5-7-9-11-13-14-16-18-20-21(3,4)19-17-15-12-10-8-6-2/h1,5-20H2,2-4H3. The lowest BCUT2D eigenvalue weighted by Gasteiger charge is -2.24. The summed E-state index contributed by atoms with van der Waals surface area (Å²) in [5, 5.41) is 0. The van der Waals surface area contributed by atoms with Gasteiger partial charge in [0.25, 0.3) is 0 Å². The van der Waals surface area contributed by atoms with Crippen molar-refractivity contribution in [3.63, 3.8) is 0 Å². The Bertz CT molecular complexity index is 192. The zero-order valence-corrected chi connectivity index (χ0v) is 15.5. The minimum Gasteiger partial charge on any atom is -0.0654 e. The largest absolute Gasteiger partial charge is 0.0654 e. The van der Waals surface area contributed by atoms with Crippen LogP contribution in [-0.2, 0) is 0 Å². The van der Waals surface area contributed by atoms with Crippen LogP contribution < -0.4 is 0 Å². The predicted molar refractivity (Wildman–Crippen MR) is 98.7 cm³/mol. The molecule has 0 heteroatoms. The first-order valence-corrected chi connectivity index (χ1v) is 9.91. The lowest BCUT2D eigenvalue weighted by atomic mass is 9.82. The monoisotopic (exact) mass is 295 g/mol. The fraction of sp³-hybridized carbons (Fsp3) is 0.952. The second kappa shape index (κ2) is 14.9. The summed E-state index contributed by atoms with van der Waals surface area (Å²) in [7, 11) is 0. The van der Waals surface area contributed by atoms with Gasteiger partial charge in [0.2, 0.25) is 0 Å². The molecule has 0 saturated heterocycles. The molecule has 0 rings (SSSR count). The Balaban J connectivity index is 3.34. The average Bonchev–Trinajstić information content (AvgIpc) is 2.45. The molecule has 0 unspecified atom stereocenters. The van der Waals surface area contributed by atoms with Gasteiger partial charge in [-0.1, -0.05) is 118 Å². The quantitative estimate of drug-likeness (QED) is 0.252. The van der Waals surface area contributed by atoms with Crippen LogP contribution in [-0.4, -0.2) is 0 Å². The van der Waals surface area contributed by atoms with E-state index in [4.69, 9.17) is 0 Å². The second-order valence-electron chi connectivity index (χ2n) is 7.76. The number of unbranched alkanes of at least 4 members (excludes halogenated alkanes) is 12. The van der Waals surface area contributed by atoms with Crippen molar-refractivity contribution in [2.45, 2.75) is 124 Å². The van der Waals surface area contributed by atoms with Crippen molar-refractivity contribution in [2.24, 2.45) is 5.41 Å². The molecule has 0 atom stereocenters. The third kappa shape index (κ3) is 16.2. The first kappa shape index (κ1) is 21.0. The molecule has 0 N–H and O–H groups in total. The average molecular weight is 296 g/mol. The van der Waals surface area contributed by atoms with Gasteiger partial charge in [-0.3, -0.25) is 0 Å². The topological polar surface area (TPSA) is 0 Å². The van der Waals surface area contributed by atoms with Gasteiger partial charge < -0.3 is 0 Å². The van der Waals surface area contributed by atoms with E-state index in [-0.39, 0.29) is 0 Å². The molecular formula is C21H43. The Hall–Kier alpha value is 0. The first-order valence-electron chi connectivity index (χ1n) is 9.91. The van der Waals surface area contributed by atoms with E-state index in [2.05, 4.69) is 27.7 Å². The predicted octanol–water partition coefficient (Wildman–Crippen LogP) is 8.11. The Kier molecular flexibility index (Phi) is 14.9. The van der Waals surface area contributed by atoms with E-state index in [0.29, 0.717) is 5.41 Å². The number of rotatable bonds is 16. The molecule has 0 fully saturated rings. The van der Waals surface area contributed by atoms with Crippen molar-refractivity contribution < 1.29 is 0 Å². The summed E-state index contributed by atoms with van der Waals surface area (Å²) >= 11 is 0. The van der Waals surface area contributed by atoms with E-state index in [0.717, 1.165) is 6.42 Å². The molecule has 0 aliphatic rings. The van der Waals surface area contributed by atoms with Crippen molar-refractivity contribution in [3.05, 3.63) is 6.92 Å². The molecule has 0 heterocycles. The highest BCUT2D eigenvalue weighted by Gasteiger charge is 2.16. The Morgan fingerprint density at radius 1 is 0.571 bits per heavy atom. The highest BCUT2D eigenvalue weighted by molar-refractivity contribution is 4.68. The van der Waals surface area contributed by atoms with E-state index >= 15 is 0 Å². The summed E-state index contributed by atoms with van der Waals surface area (Å²) in [4.78, 5) is 0. The highest BCUT2D eigenvalue weighted by atomic mass is 14.2. The molecule has 127 valence electrons. The van der Waals surface area contributed by atoms with Gasteiger partial charge in [0.05, 0.1) is 0 Å². The van der Waals surface area contributed by atoms with Crippen LogP contribution in [0.1, 0.15) is 124 Å². The van der Waals surface area contributed by atoms with Gasteiger partial charge in [-0.15, -0.1) is 0 Å². The van der Waals surface area contributed by atoms with Gasteiger partial charge in [-0.05, 0) is 18.3 Å². The maximum atomic E-state index is 3.91. The fourth-order valence-electron chi connectivity index (χ4n) is 3.17. The van der Waals surface area contributed by atoms with Gasteiger partial charge in [-0.25, -0.2) is 0 Å². The Labute approximate surface area is 136 Å². The fourth-order valence-corrected chi connectivity index (χ4v) is 3.17. The maximum absolute atomic E-state index is 3.91. The van der Waals surface area contributed by atoms with Crippen molar-refractivity contribution in [1.29, 1.82) is 0 Å². The second-order valence-corrected chi connectivity index (χ2v) is 7.76. The van der Waals surface area contributed by atoms with Crippen molar-refractivity contribution in [1.82, 2.24) is 0 Å². The van der Waals surface area contributed by atoms with E-state index < -0.39 is 0 Å². The molecule has 1 radical (unpaired) electrons. The lowest BCUT2D eigenvalue weighted by molar-refractivity contribution is 0.282. The van der Waals surface area contributed by atoms with Crippen LogP contribution in [0, 0.1) is 12.3 Å². The summed E-state index contributed by atoms with van der Waals surface area (Å²) in [6.07, 6.45) is 22.5. The maximum Gasteiger partial charge on any atom is -0.0354 e. The van der Waals surface area contributed by atoms with Gasteiger partial charge >= 0.3 is 0 Å². The number of hydrogen-bond acceptors (Lipinski definition) is 0. The first-order chi connectivity index (χ1) is 10.1. The molecule has 0 aromatic rings. The van der Waals surface area contributed by atoms with Crippen molar-refractivity contribution in [2.75, 3.05) is 0 Å². The van der Waals surface area contributed by atoms with Crippen LogP contribution in [0.5, 0.6) is 0 Å². The minimum atomic E-state index is 0.582. The van der Waals surface area contributed by atoms with Gasteiger partial charge in [-0.2, -0.15) is 0 Å². The molecule has 0 nitrogen and oxygen atoms in total. The van der Waals surface area contributed by atoms with E-state index in [1.165, 1.54) is 96.3 Å². The molecule has 0 amide bonds. The SMILES string of the molecule is [CH2]CCCCCCCCCC(C)(C)CCCCCCCC. The van der Waals surface area contributed by atoms with Crippen LogP contribution in [0.3, 0.4) is 0 Å². The zero-order valence-electron chi connectivity index (χ0n) is 15.5. The van der Waals surface area contributed by atoms with Crippen LogP contribution in [0.2, 0.25) is 0 Å². The van der Waals surface area contributed by atoms with Crippen LogP contribution in [0.25, 0.3) is 0 Å². The molecule has 0 saturated carbocycles. The van der Waals surface area contributed by atoms with Gasteiger partial charge in [0.15, 0.2) is 0 Å². The van der Waals surface area contributed by atoms with Crippen LogP contribution >= 0.6 is 0 Å². The molecule has 0 bridgehead atoms. The van der Waals surface area contributed by atoms with E-state index in [1.54, 1.807) is 0 Å². The zero-order chi connectivity index (χ0) is 15.8. The molecule has 0 spiro atoms. The summed E-state index contributed by atoms with van der Waals surface area (Å²) in [5.41, 5.74) is 0.582. The molecule has 0 aliphatic carbocycles. The minimum absolute atomic E-state index is 0.582. The highest BCUT2D eigenvalue weighted by Crippen LogP contribution is 2.30. The Morgan fingerprint density at radius 2 is 0.952 bits per heavy atom. The molecule has 0 aliphatic heterocycles. The summed E-state index contributed by atoms with van der Waals surface area (Å²) in [6, 6.07) is 0. The van der Waals surface area contributed by atoms with E-state index in [9.17, 15) is 0 Å².